The first-order valence-corrected chi connectivity index (χ1v) is 7.80. The lowest BCUT2D eigenvalue weighted by Gasteiger charge is -2.17. The summed E-state index contributed by atoms with van der Waals surface area (Å²) in [6, 6.07) is 2.13. The molecule has 1 heterocycles. The van der Waals surface area contributed by atoms with E-state index >= 15 is 0 Å². The fraction of sp³-hybridized carbons (Fsp3) is 0.625. The van der Waals surface area contributed by atoms with Crippen LogP contribution in [0.25, 0.3) is 0 Å². The first-order valence-electron chi connectivity index (χ1n) is 7.80. The van der Waals surface area contributed by atoms with Crippen LogP contribution in [0.4, 0.5) is 5.69 Å². The van der Waals surface area contributed by atoms with Crippen molar-refractivity contribution in [2.24, 2.45) is 0 Å². The molecule has 2 rings (SSSR count). The summed E-state index contributed by atoms with van der Waals surface area (Å²) in [5.41, 5.74) is 1.54. The molecule has 0 radical (unpaired) electrons. The Morgan fingerprint density at radius 1 is 1.30 bits per heavy atom. The van der Waals surface area contributed by atoms with Crippen molar-refractivity contribution in [3.8, 4) is 0 Å². The van der Waals surface area contributed by atoms with Crippen LogP contribution in [0.15, 0.2) is 18.5 Å². The standard InChI is InChI=1S/C16H25N3O/c1-2-10-18-15-12-17-11-9-14(15)16(20)19-13-7-5-3-4-6-8-13/h9,11-13,18H,2-8,10H2,1H3,(H,19,20). The molecule has 1 fully saturated rings. The van der Waals surface area contributed by atoms with Gasteiger partial charge in [0.15, 0.2) is 0 Å². The number of anilines is 1. The first kappa shape index (κ1) is 14.8. The number of carbonyl (C=O) groups excluding carboxylic acids is 1. The molecule has 1 amide bonds. The molecule has 1 aliphatic rings. The maximum Gasteiger partial charge on any atom is 0.253 e. The number of hydrogen-bond donors (Lipinski definition) is 2. The normalized spacial score (nSPS) is 16.4. The van der Waals surface area contributed by atoms with E-state index in [1.54, 1.807) is 18.5 Å². The van der Waals surface area contributed by atoms with Crippen LogP contribution in [0.2, 0.25) is 0 Å². The Morgan fingerprint density at radius 3 is 2.75 bits per heavy atom. The van der Waals surface area contributed by atoms with Crippen LogP contribution >= 0.6 is 0 Å². The molecule has 0 unspecified atom stereocenters. The van der Waals surface area contributed by atoms with E-state index in [0.29, 0.717) is 11.6 Å². The molecular weight excluding hydrogens is 250 g/mol. The number of carbonyl (C=O) groups is 1. The molecule has 0 aliphatic heterocycles. The van der Waals surface area contributed by atoms with Gasteiger partial charge in [0.1, 0.15) is 0 Å². The van der Waals surface area contributed by atoms with Crippen LogP contribution in [-0.4, -0.2) is 23.5 Å². The maximum absolute atomic E-state index is 12.4. The average molecular weight is 275 g/mol. The second-order valence-corrected chi connectivity index (χ2v) is 5.51. The van der Waals surface area contributed by atoms with Gasteiger partial charge < -0.3 is 10.6 Å². The fourth-order valence-corrected chi connectivity index (χ4v) is 2.68. The van der Waals surface area contributed by atoms with Crippen LogP contribution < -0.4 is 10.6 Å². The minimum Gasteiger partial charge on any atom is -0.383 e. The summed E-state index contributed by atoms with van der Waals surface area (Å²) in [5, 5.41) is 6.46. The Balaban J connectivity index is 2.00. The van der Waals surface area contributed by atoms with Crippen LogP contribution in [0.1, 0.15) is 62.2 Å². The summed E-state index contributed by atoms with van der Waals surface area (Å²) < 4.78 is 0. The second kappa shape index (κ2) is 7.88. The lowest BCUT2D eigenvalue weighted by atomic mass is 10.1. The number of hydrogen-bond acceptors (Lipinski definition) is 3. The van der Waals surface area contributed by atoms with Crippen molar-refractivity contribution in [1.82, 2.24) is 10.3 Å². The van der Waals surface area contributed by atoms with Gasteiger partial charge in [0, 0.05) is 18.8 Å². The van der Waals surface area contributed by atoms with Gasteiger partial charge in [0.05, 0.1) is 17.4 Å². The van der Waals surface area contributed by atoms with Crippen molar-refractivity contribution in [3.63, 3.8) is 0 Å². The number of amides is 1. The van der Waals surface area contributed by atoms with E-state index in [-0.39, 0.29) is 5.91 Å². The van der Waals surface area contributed by atoms with Crippen LogP contribution in [0.3, 0.4) is 0 Å². The summed E-state index contributed by atoms with van der Waals surface area (Å²) >= 11 is 0. The molecule has 1 saturated carbocycles. The van der Waals surface area contributed by atoms with Crippen molar-refractivity contribution in [2.75, 3.05) is 11.9 Å². The highest BCUT2D eigenvalue weighted by Gasteiger charge is 2.17. The van der Waals surface area contributed by atoms with Crippen molar-refractivity contribution < 1.29 is 4.79 Å². The third-order valence-corrected chi connectivity index (χ3v) is 3.82. The van der Waals surface area contributed by atoms with Crippen molar-refractivity contribution in [2.45, 2.75) is 57.9 Å². The molecule has 4 heteroatoms. The van der Waals surface area contributed by atoms with E-state index in [4.69, 9.17) is 0 Å². The molecular formula is C16H25N3O. The highest BCUT2D eigenvalue weighted by molar-refractivity contribution is 5.99. The Kier molecular flexibility index (Phi) is 5.84. The molecule has 1 aliphatic carbocycles. The lowest BCUT2D eigenvalue weighted by molar-refractivity contribution is 0.0934. The van der Waals surface area contributed by atoms with Crippen LogP contribution in [-0.2, 0) is 0 Å². The van der Waals surface area contributed by atoms with Crippen molar-refractivity contribution in [3.05, 3.63) is 24.0 Å². The molecule has 20 heavy (non-hydrogen) atoms. The number of rotatable bonds is 5. The van der Waals surface area contributed by atoms with Gasteiger partial charge in [-0.15, -0.1) is 0 Å². The third-order valence-electron chi connectivity index (χ3n) is 3.82. The van der Waals surface area contributed by atoms with Crippen LogP contribution in [0.5, 0.6) is 0 Å². The Morgan fingerprint density at radius 2 is 2.05 bits per heavy atom. The topological polar surface area (TPSA) is 54.0 Å². The molecule has 0 atom stereocenters. The van der Waals surface area contributed by atoms with Gasteiger partial charge in [-0.05, 0) is 25.3 Å². The molecule has 1 aromatic heterocycles. The van der Waals surface area contributed by atoms with Gasteiger partial charge in [0.25, 0.3) is 5.91 Å². The minimum absolute atomic E-state index is 0.0258. The number of aromatic nitrogens is 1. The maximum atomic E-state index is 12.4. The average Bonchev–Trinajstić information content (AvgIpc) is 2.74. The lowest BCUT2D eigenvalue weighted by Crippen LogP contribution is -2.34. The van der Waals surface area contributed by atoms with E-state index in [1.807, 2.05) is 0 Å². The quantitative estimate of drug-likeness (QED) is 0.810. The first-order chi connectivity index (χ1) is 9.81. The van der Waals surface area contributed by atoms with Crippen molar-refractivity contribution >= 4 is 11.6 Å². The van der Waals surface area contributed by atoms with Gasteiger partial charge in [-0.25, -0.2) is 0 Å². The number of nitrogens with zero attached hydrogens (tertiary/aromatic N) is 1. The molecule has 1 aromatic rings. The second-order valence-electron chi connectivity index (χ2n) is 5.51. The summed E-state index contributed by atoms with van der Waals surface area (Å²) in [7, 11) is 0. The molecule has 0 bridgehead atoms. The van der Waals surface area contributed by atoms with Gasteiger partial charge in [-0.2, -0.15) is 0 Å². The van der Waals surface area contributed by atoms with Crippen molar-refractivity contribution in [1.29, 1.82) is 0 Å². The fourth-order valence-electron chi connectivity index (χ4n) is 2.68. The number of nitrogens with one attached hydrogen (secondary N) is 2. The van der Waals surface area contributed by atoms with E-state index in [9.17, 15) is 4.79 Å². The van der Waals surface area contributed by atoms with E-state index in [0.717, 1.165) is 31.5 Å². The molecule has 110 valence electrons. The zero-order chi connectivity index (χ0) is 14.2. The van der Waals surface area contributed by atoms with Gasteiger partial charge in [-0.1, -0.05) is 32.6 Å². The summed E-state index contributed by atoms with van der Waals surface area (Å²) in [4.78, 5) is 16.5. The van der Waals surface area contributed by atoms with E-state index in [2.05, 4.69) is 22.5 Å². The predicted octanol–water partition coefficient (Wildman–Crippen LogP) is 3.36. The summed E-state index contributed by atoms with van der Waals surface area (Å²) in [6.07, 6.45) is 11.7. The molecule has 0 spiro atoms. The Labute approximate surface area is 121 Å². The monoisotopic (exact) mass is 275 g/mol. The molecule has 4 nitrogen and oxygen atoms in total. The zero-order valence-corrected chi connectivity index (χ0v) is 12.3. The number of pyridine rings is 1. The van der Waals surface area contributed by atoms with Gasteiger partial charge in [0.2, 0.25) is 0 Å². The van der Waals surface area contributed by atoms with Gasteiger partial charge in [-0.3, -0.25) is 9.78 Å². The third kappa shape index (κ3) is 4.22. The summed E-state index contributed by atoms with van der Waals surface area (Å²) in [5.74, 6) is 0.0258. The van der Waals surface area contributed by atoms with Crippen LogP contribution in [0, 0.1) is 0 Å². The van der Waals surface area contributed by atoms with Gasteiger partial charge >= 0.3 is 0 Å². The molecule has 0 aromatic carbocycles. The minimum atomic E-state index is 0.0258. The molecule has 2 N–H and O–H groups in total. The predicted molar refractivity (Wildman–Crippen MR) is 82.0 cm³/mol. The van der Waals surface area contributed by atoms with E-state index in [1.165, 1.54) is 25.7 Å². The highest BCUT2D eigenvalue weighted by atomic mass is 16.1. The Bertz CT molecular complexity index is 425. The highest BCUT2D eigenvalue weighted by Crippen LogP contribution is 2.19. The summed E-state index contributed by atoms with van der Waals surface area (Å²) in [6.45, 7) is 2.96. The molecule has 0 saturated heterocycles. The zero-order valence-electron chi connectivity index (χ0n) is 12.3. The Hall–Kier alpha value is -1.58. The largest absolute Gasteiger partial charge is 0.383 e. The SMILES string of the molecule is CCCNc1cnccc1C(=O)NC1CCCCCC1. The smallest absolute Gasteiger partial charge is 0.253 e. The van der Waals surface area contributed by atoms with E-state index < -0.39 is 0 Å².